The number of amides is 1. The second-order valence-electron chi connectivity index (χ2n) is 7.98. The van der Waals surface area contributed by atoms with Gasteiger partial charge in [0.1, 0.15) is 11.9 Å². The molecule has 0 bridgehead atoms. The van der Waals surface area contributed by atoms with E-state index in [9.17, 15) is 18.5 Å². The van der Waals surface area contributed by atoms with Crippen molar-refractivity contribution in [3.8, 4) is 6.07 Å². The minimum Gasteiger partial charge on any atom is -0.379 e. The first-order valence-corrected chi connectivity index (χ1v) is 12.7. The molecule has 34 heavy (non-hydrogen) atoms. The van der Waals surface area contributed by atoms with Crippen LogP contribution in [0.15, 0.2) is 53.4 Å². The number of fused-ring (bicyclic) bond motifs is 1. The quantitative estimate of drug-likeness (QED) is 0.528. The minimum absolute atomic E-state index is 0.160. The molecule has 0 aliphatic carbocycles. The van der Waals surface area contributed by atoms with Gasteiger partial charge in [-0.2, -0.15) is 9.57 Å². The van der Waals surface area contributed by atoms with Gasteiger partial charge in [0.2, 0.25) is 15.9 Å². The lowest BCUT2D eigenvalue weighted by molar-refractivity contribution is -0.121. The average Bonchev–Trinajstić information content (AvgIpc) is 3.23. The standard InChI is InChI=1S/C24H27N5O4S/c1-2-29-22-9-8-19(34(31,32)28-12-14-33-15-13-28)16-20(22)26-23(29)10-11-24(30)27-21(17-25)18-6-4-3-5-7-18/h3-9,16,21H,2,10-15H2,1H3,(H,27,30)/t21-/m0/s1. The Balaban J connectivity index is 1.50. The van der Waals surface area contributed by atoms with Gasteiger partial charge in [-0.1, -0.05) is 30.3 Å². The van der Waals surface area contributed by atoms with E-state index in [1.54, 1.807) is 30.3 Å². The molecular weight excluding hydrogens is 454 g/mol. The summed E-state index contributed by atoms with van der Waals surface area (Å²) < 4.78 is 34.7. The highest BCUT2D eigenvalue weighted by atomic mass is 32.2. The van der Waals surface area contributed by atoms with Gasteiger partial charge in [-0.25, -0.2) is 13.4 Å². The molecule has 2 aromatic carbocycles. The topological polar surface area (TPSA) is 117 Å². The van der Waals surface area contributed by atoms with Gasteiger partial charge in [-0.05, 0) is 30.7 Å². The minimum atomic E-state index is -3.62. The summed E-state index contributed by atoms with van der Waals surface area (Å²) in [5.41, 5.74) is 2.12. The van der Waals surface area contributed by atoms with Gasteiger partial charge >= 0.3 is 0 Å². The van der Waals surface area contributed by atoms with Crippen LogP contribution in [0, 0.1) is 11.3 Å². The number of aromatic nitrogens is 2. The Morgan fingerprint density at radius 3 is 2.62 bits per heavy atom. The second kappa shape index (κ2) is 10.3. The molecule has 1 aliphatic heterocycles. The number of ether oxygens (including phenoxy) is 1. The van der Waals surface area contributed by atoms with Gasteiger partial charge in [-0.15, -0.1) is 0 Å². The van der Waals surface area contributed by atoms with Crippen molar-refractivity contribution in [2.45, 2.75) is 37.2 Å². The molecule has 1 amide bonds. The highest BCUT2D eigenvalue weighted by Gasteiger charge is 2.27. The molecular formula is C24H27N5O4S. The summed E-state index contributed by atoms with van der Waals surface area (Å²) in [4.78, 5) is 17.4. The highest BCUT2D eigenvalue weighted by Crippen LogP contribution is 2.24. The first kappa shape index (κ1) is 23.9. The number of imidazole rings is 1. The number of morpholine rings is 1. The monoisotopic (exact) mass is 481 g/mol. The largest absolute Gasteiger partial charge is 0.379 e. The lowest BCUT2D eigenvalue weighted by atomic mass is 10.1. The summed E-state index contributed by atoms with van der Waals surface area (Å²) in [5, 5.41) is 12.2. The Morgan fingerprint density at radius 2 is 1.94 bits per heavy atom. The van der Waals surface area contributed by atoms with Crippen LogP contribution >= 0.6 is 0 Å². The zero-order valence-electron chi connectivity index (χ0n) is 19.0. The van der Waals surface area contributed by atoms with Crippen LogP contribution in [0.4, 0.5) is 0 Å². The third kappa shape index (κ3) is 4.97. The number of hydrogen-bond donors (Lipinski definition) is 1. The molecule has 1 fully saturated rings. The van der Waals surface area contributed by atoms with Gasteiger partial charge in [-0.3, -0.25) is 4.79 Å². The van der Waals surface area contributed by atoms with E-state index in [1.807, 2.05) is 29.7 Å². The number of nitrogens with zero attached hydrogens (tertiary/aromatic N) is 4. The molecule has 4 rings (SSSR count). The van der Waals surface area contributed by atoms with Crippen LogP contribution in [-0.4, -0.2) is 54.5 Å². The Hall–Kier alpha value is -3.26. The van der Waals surface area contributed by atoms with Crippen molar-refractivity contribution in [1.82, 2.24) is 19.2 Å². The van der Waals surface area contributed by atoms with Crippen molar-refractivity contribution < 1.29 is 17.9 Å². The molecule has 3 aromatic rings. The summed E-state index contributed by atoms with van der Waals surface area (Å²) in [6, 6.07) is 15.5. The molecule has 0 spiro atoms. The average molecular weight is 482 g/mol. The molecule has 1 atom stereocenters. The zero-order valence-corrected chi connectivity index (χ0v) is 19.8. The molecule has 0 unspecified atom stereocenters. The number of sulfonamides is 1. The van der Waals surface area contributed by atoms with Gasteiger partial charge < -0.3 is 14.6 Å². The van der Waals surface area contributed by atoms with E-state index in [0.29, 0.717) is 50.6 Å². The smallest absolute Gasteiger partial charge is 0.243 e. The van der Waals surface area contributed by atoms with Crippen molar-refractivity contribution in [3.63, 3.8) is 0 Å². The van der Waals surface area contributed by atoms with Crippen LogP contribution in [0.25, 0.3) is 11.0 Å². The summed E-state index contributed by atoms with van der Waals surface area (Å²) in [6.07, 6.45) is 0.528. The van der Waals surface area contributed by atoms with Crippen LogP contribution in [0.2, 0.25) is 0 Å². The van der Waals surface area contributed by atoms with E-state index in [1.165, 1.54) is 4.31 Å². The van der Waals surface area contributed by atoms with Crippen LogP contribution in [0.5, 0.6) is 0 Å². The predicted molar refractivity (Wildman–Crippen MR) is 126 cm³/mol. The SMILES string of the molecule is CCn1c(CCC(=O)N[C@@H](C#N)c2ccccc2)nc2cc(S(=O)(=O)N3CCOCC3)ccc21. The fraction of sp³-hybridized carbons (Fsp3) is 0.375. The lowest BCUT2D eigenvalue weighted by Gasteiger charge is -2.26. The number of nitrogens with one attached hydrogen (secondary N) is 1. The molecule has 0 radical (unpaired) electrons. The molecule has 178 valence electrons. The summed E-state index contributed by atoms with van der Waals surface area (Å²) >= 11 is 0. The summed E-state index contributed by atoms with van der Waals surface area (Å²) in [6.45, 7) is 4.04. The second-order valence-corrected chi connectivity index (χ2v) is 9.92. The summed E-state index contributed by atoms with van der Waals surface area (Å²) in [7, 11) is -3.62. The molecule has 10 heteroatoms. The van der Waals surface area contributed by atoms with E-state index in [0.717, 1.165) is 11.1 Å². The van der Waals surface area contributed by atoms with Crippen molar-refractivity contribution in [2.24, 2.45) is 0 Å². The maximum atomic E-state index is 13.0. The van der Waals surface area contributed by atoms with Crippen molar-refractivity contribution in [3.05, 3.63) is 59.9 Å². The van der Waals surface area contributed by atoms with Crippen molar-refractivity contribution >= 4 is 27.0 Å². The van der Waals surface area contributed by atoms with E-state index in [2.05, 4.69) is 16.4 Å². The molecule has 9 nitrogen and oxygen atoms in total. The van der Waals surface area contributed by atoms with Crippen LogP contribution in [-0.2, 0) is 32.5 Å². The Kier molecular flexibility index (Phi) is 7.26. The molecule has 2 heterocycles. The first-order valence-electron chi connectivity index (χ1n) is 11.2. The molecule has 1 saturated heterocycles. The maximum absolute atomic E-state index is 13.0. The Labute approximate surface area is 199 Å². The van der Waals surface area contributed by atoms with E-state index in [-0.39, 0.29) is 17.2 Å². The fourth-order valence-electron chi connectivity index (χ4n) is 4.09. The predicted octanol–water partition coefficient (Wildman–Crippen LogP) is 2.39. The van der Waals surface area contributed by atoms with Gasteiger partial charge in [0.15, 0.2) is 0 Å². The van der Waals surface area contributed by atoms with Crippen LogP contribution in [0.1, 0.15) is 30.8 Å². The number of rotatable bonds is 8. The number of hydrogen-bond acceptors (Lipinski definition) is 6. The molecule has 1 aliphatic rings. The molecule has 1 aromatic heterocycles. The lowest BCUT2D eigenvalue weighted by Crippen LogP contribution is -2.40. The maximum Gasteiger partial charge on any atom is 0.243 e. The third-order valence-electron chi connectivity index (χ3n) is 5.87. The van der Waals surface area contributed by atoms with Crippen LogP contribution < -0.4 is 5.32 Å². The first-order chi connectivity index (χ1) is 16.4. The third-order valence-corrected chi connectivity index (χ3v) is 7.76. The molecule has 0 saturated carbocycles. The summed E-state index contributed by atoms with van der Waals surface area (Å²) in [5.74, 6) is 0.447. The number of aryl methyl sites for hydroxylation is 2. The Morgan fingerprint density at radius 1 is 1.21 bits per heavy atom. The van der Waals surface area contributed by atoms with Crippen LogP contribution in [0.3, 0.4) is 0 Å². The van der Waals surface area contributed by atoms with Gasteiger partial charge in [0.05, 0.1) is 35.2 Å². The van der Waals surface area contributed by atoms with Gasteiger partial charge in [0, 0.05) is 32.5 Å². The number of benzene rings is 2. The number of nitriles is 1. The number of carbonyl (C=O) groups is 1. The molecule has 1 N–H and O–H groups in total. The fourth-order valence-corrected chi connectivity index (χ4v) is 5.52. The highest BCUT2D eigenvalue weighted by molar-refractivity contribution is 7.89. The van der Waals surface area contributed by atoms with E-state index in [4.69, 9.17) is 4.74 Å². The van der Waals surface area contributed by atoms with Gasteiger partial charge in [0.25, 0.3) is 0 Å². The zero-order chi connectivity index (χ0) is 24.1. The number of carbonyl (C=O) groups excluding carboxylic acids is 1. The Bertz CT molecular complexity index is 1310. The van der Waals surface area contributed by atoms with E-state index < -0.39 is 16.1 Å². The van der Waals surface area contributed by atoms with Crippen molar-refractivity contribution in [2.75, 3.05) is 26.3 Å². The van der Waals surface area contributed by atoms with E-state index >= 15 is 0 Å². The normalized spacial score (nSPS) is 15.6. The van der Waals surface area contributed by atoms with Crippen molar-refractivity contribution in [1.29, 1.82) is 5.26 Å².